The number of fused-ring (bicyclic) bond motifs is 1. The number of hydrogen-bond acceptors (Lipinski definition) is 0. The minimum atomic E-state index is -1.39. The van der Waals surface area contributed by atoms with Crippen molar-refractivity contribution in [3.63, 3.8) is 0 Å². The average molecular weight is 469 g/mol. The number of benzene rings is 4. The smallest absolute Gasteiger partial charge is 0.296 e. The highest BCUT2D eigenvalue weighted by molar-refractivity contribution is 7.16. The fourth-order valence-corrected chi connectivity index (χ4v) is 7.69. The molecule has 1 saturated carbocycles. The van der Waals surface area contributed by atoms with Crippen LogP contribution in [0, 0.1) is 5.92 Å². The second-order valence-electron chi connectivity index (χ2n) is 11.2. The lowest BCUT2D eigenvalue weighted by atomic mass is 9.19. The van der Waals surface area contributed by atoms with Gasteiger partial charge in [-0.15, -0.1) is 16.4 Å². The van der Waals surface area contributed by atoms with Gasteiger partial charge >= 0.3 is 0 Å². The Kier molecular flexibility index (Phi) is 5.93. The second kappa shape index (κ2) is 9.26. The van der Waals surface area contributed by atoms with E-state index >= 15 is 0 Å². The summed E-state index contributed by atoms with van der Waals surface area (Å²) < 4.78 is 0.796. The van der Waals surface area contributed by atoms with Crippen LogP contribution in [0.1, 0.15) is 43.2 Å². The van der Waals surface area contributed by atoms with Gasteiger partial charge in [0.15, 0.2) is 0 Å². The molecule has 0 bridgehead atoms. The van der Waals surface area contributed by atoms with Crippen LogP contribution in [0.3, 0.4) is 0 Å². The van der Waals surface area contributed by atoms with Crippen molar-refractivity contribution in [3.8, 4) is 0 Å². The number of hydrogen-bond donors (Lipinski definition) is 0. The number of quaternary nitrogens is 1. The molecule has 4 aromatic carbocycles. The molecule has 0 N–H and O–H groups in total. The predicted octanol–water partition coefficient (Wildman–Crippen LogP) is 7.06. The van der Waals surface area contributed by atoms with E-state index in [0.717, 1.165) is 4.39 Å². The highest BCUT2D eigenvalue weighted by atomic mass is 15.3. The third-order valence-corrected chi connectivity index (χ3v) is 9.15. The summed E-state index contributed by atoms with van der Waals surface area (Å²) in [6, 6.07) is 43.3. The molecule has 2 heteroatoms. The van der Waals surface area contributed by atoms with Gasteiger partial charge in [0.1, 0.15) is 0 Å². The Labute approximate surface area is 216 Å². The molecule has 0 unspecified atom stereocenters. The summed E-state index contributed by atoms with van der Waals surface area (Å²) in [5.41, 5.74) is 10.2. The van der Waals surface area contributed by atoms with Crippen LogP contribution in [-0.4, -0.2) is 20.4 Å². The Bertz CT molecular complexity index is 1330. The van der Waals surface area contributed by atoms with E-state index in [9.17, 15) is 0 Å². The van der Waals surface area contributed by atoms with Gasteiger partial charge in [-0.3, -0.25) is 0 Å². The molecule has 180 valence electrons. The quantitative estimate of drug-likeness (QED) is 0.281. The van der Waals surface area contributed by atoms with Crippen LogP contribution >= 0.6 is 0 Å². The predicted molar refractivity (Wildman–Crippen MR) is 158 cm³/mol. The van der Waals surface area contributed by atoms with Gasteiger partial charge in [0.25, 0.3) is 6.28 Å². The van der Waals surface area contributed by atoms with Gasteiger partial charge in [-0.1, -0.05) is 134 Å². The summed E-state index contributed by atoms with van der Waals surface area (Å²) >= 11 is 0. The number of rotatable bonds is 4. The third kappa shape index (κ3) is 3.43. The van der Waals surface area contributed by atoms with Crippen LogP contribution in [0.25, 0.3) is 11.0 Å². The Balaban J connectivity index is 1.84. The van der Waals surface area contributed by atoms with E-state index in [1.165, 1.54) is 59.8 Å². The van der Waals surface area contributed by atoms with Crippen LogP contribution < -0.4 is 15.3 Å². The number of para-hydroxylation sites is 1. The molecule has 0 saturated heterocycles. The van der Waals surface area contributed by atoms with Gasteiger partial charge in [0.05, 0.1) is 5.69 Å². The van der Waals surface area contributed by atoms with Crippen molar-refractivity contribution in [2.24, 2.45) is 5.92 Å². The lowest BCUT2D eigenvalue weighted by Crippen LogP contribution is -2.80. The molecule has 0 amide bonds. The molecule has 2 aliphatic rings. The largest absolute Gasteiger partial charge is 0.474 e. The molecule has 6 rings (SSSR count). The van der Waals surface area contributed by atoms with Gasteiger partial charge in [-0.2, -0.15) is 0 Å². The van der Waals surface area contributed by atoms with Crippen LogP contribution in [-0.2, 0) is 0 Å². The Morgan fingerprint density at radius 3 is 1.67 bits per heavy atom. The first-order chi connectivity index (χ1) is 17.7. The van der Waals surface area contributed by atoms with Crippen molar-refractivity contribution in [2.45, 2.75) is 32.1 Å². The fraction of sp³-hybridized carbons (Fsp3) is 0.235. The molecular weight excluding hydrogens is 433 g/mol. The van der Waals surface area contributed by atoms with Gasteiger partial charge in [-0.25, -0.2) is 0 Å². The summed E-state index contributed by atoms with van der Waals surface area (Å²) in [6.45, 7) is 0. The third-order valence-electron chi connectivity index (χ3n) is 9.15. The summed E-state index contributed by atoms with van der Waals surface area (Å²) in [5.74, 6) is 0.587. The van der Waals surface area contributed by atoms with Crippen LogP contribution in [0.5, 0.6) is 0 Å². The monoisotopic (exact) mass is 469 g/mol. The van der Waals surface area contributed by atoms with E-state index in [1.807, 2.05) is 0 Å². The van der Waals surface area contributed by atoms with Crippen molar-refractivity contribution in [2.75, 3.05) is 14.1 Å². The minimum absolute atomic E-state index is 0.587. The topological polar surface area (TPSA) is 0 Å². The maximum Gasteiger partial charge on any atom is 0.296 e. The summed E-state index contributed by atoms with van der Waals surface area (Å²) in [5, 5.41) is 0. The summed E-state index contributed by atoms with van der Waals surface area (Å²) in [4.78, 5) is 0. The minimum Gasteiger partial charge on any atom is -0.474 e. The lowest BCUT2D eigenvalue weighted by Gasteiger charge is -2.61. The van der Waals surface area contributed by atoms with E-state index in [2.05, 4.69) is 129 Å². The molecule has 1 aliphatic heterocycles. The van der Waals surface area contributed by atoms with Gasteiger partial charge in [0, 0.05) is 19.7 Å². The fourth-order valence-electron chi connectivity index (χ4n) is 7.69. The highest BCUT2D eigenvalue weighted by Gasteiger charge is 2.54. The number of allylic oxidation sites excluding steroid dienone is 1. The Hall–Kier alpha value is -3.36. The molecule has 0 atom stereocenters. The lowest BCUT2D eigenvalue weighted by molar-refractivity contribution is 0.429. The maximum atomic E-state index is 2.44. The Morgan fingerprint density at radius 2 is 1.08 bits per heavy atom. The average Bonchev–Trinajstić information content (AvgIpc) is 2.95. The second-order valence-corrected chi connectivity index (χ2v) is 11.2. The van der Waals surface area contributed by atoms with E-state index in [1.54, 1.807) is 11.0 Å². The van der Waals surface area contributed by atoms with Crippen LogP contribution in [0.2, 0.25) is 0 Å². The summed E-state index contributed by atoms with van der Waals surface area (Å²) in [7, 11) is 4.89. The first-order valence-corrected chi connectivity index (χ1v) is 13.7. The van der Waals surface area contributed by atoms with Gasteiger partial charge in [0.2, 0.25) is 0 Å². The highest BCUT2D eigenvalue weighted by Crippen LogP contribution is 2.52. The zero-order valence-corrected chi connectivity index (χ0v) is 21.6. The molecule has 0 radical (unpaired) electrons. The normalized spacial score (nSPS) is 19.1. The zero-order valence-electron chi connectivity index (χ0n) is 21.6. The van der Waals surface area contributed by atoms with Crippen molar-refractivity contribution >= 4 is 33.9 Å². The Morgan fingerprint density at radius 1 is 0.583 bits per heavy atom. The molecule has 1 aliphatic carbocycles. The molecule has 0 aromatic heterocycles. The van der Waals surface area contributed by atoms with E-state index in [4.69, 9.17) is 0 Å². The molecule has 1 nitrogen and oxygen atoms in total. The molecule has 1 heterocycles. The van der Waals surface area contributed by atoms with Gasteiger partial charge in [-0.05, 0) is 30.9 Å². The van der Waals surface area contributed by atoms with Crippen molar-refractivity contribution in [1.29, 1.82) is 0 Å². The first-order valence-electron chi connectivity index (χ1n) is 13.7. The van der Waals surface area contributed by atoms with Crippen LogP contribution in [0.4, 0.5) is 5.69 Å². The maximum absolute atomic E-state index is 2.44. The van der Waals surface area contributed by atoms with E-state index in [0.29, 0.717) is 5.92 Å². The van der Waals surface area contributed by atoms with E-state index < -0.39 is 6.28 Å². The van der Waals surface area contributed by atoms with E-state index in [-0.39, 0.29) is 0 Å². The van der Waals surface area contributed by atoms with Crippen molar-refractivity contribution in [3.05, 3.63) is 126 Å². The van der Waals surface area contributed by atoms with Crippen LogP contribution in [0.15, 0.2) is 115 Å². The molecule has 4 aromatic rings. The SMILES string of the molecule is C[N+]1(C)c2ccccc2C(C2CCCCC2)=C(c2ccccc2)[B-]1(c1ccccc1)c1ccccc1. The standard InChI is InChI=1S/C34H36BN/c1-36(2)32-26-16-15-25-31(32)33(27-17-7-3-8-18-27)34(28-19-9-4-10-20-28)35(36,29-21-11-5-12-22-29)30-23-13-6-14-24-30/h4-6,9-16,19-27H,3,7-8,17-18H2,1-2H3. The van der Waals surface area contributed by atoms with Gasteiger partial charge < -0.3 is 4.39 Å². The van der Waals surface area contributed by atoms with Crippen molar-refractivity contribution in [1.82, 2.24) is 4.39 Å². The number of nitrogens with zero attached hydrogens (tertiary/aromatic N) is 1. The van der Waals surface area contributed by atoms with Crippen molar-refractivity contribution < 1.29 is 0 Å². The molecular formula is C34H36BN. The molecule has 1 fully saturated rings. The molecule has 0 spiro atoms. The zero-order chi connectivity index (χ0) is 24.6. The summed E-state index contributed by atoms with van der Waals surface area (Å²) in [6.07, 6.45) is 5.19. The first kappa shape index (κ1) is 23.1. The molecule has 36 heavy (non-hydrogen) atoms.